The van der Waals surface area contributed by atoms with Gasteiger partial charge in [0.25, 0.3) is 5.91 Å². The van der Waals surface area contributed by atoms with Crippen LogP contribution in [-0.4, -0.2) is 16.0 Å². The van der Waals surface area contributed by atoms with Crippen LogP contribution in [0.15, 0.2) is 113 Å². The number of para-hydroxylation sites is 1. The van der Waals surface area contributed by atoms with Gasteiger partial charge in [0.1, 0.15) is 12.4 Å². The van der Waals surface area contributed by atoms with Crippen molar-refractivity contribution >= 4 is 79.8 Å². The van der Waals surface area contributed by atoms with Crippen molar-refractivity contribution in [2.75, 3.05) is 0 Å². The second-order valence-corrected chi connectivity index (χ2v) is 11.6. The Balaban J connectivity index is 1.42. The molecule has 0 N–H and O–H groups in total. The molecule has 1 aliphatic rings. The topological polar surface area (TPSA) is 41.9 Å². The van der Waals surface area contributed by atoms with E-state index in [9.17, 15) is 4.79 Å². The number of hydrogen-bond acceptors (Lipinski definition) is 4. The summed E-state index contributed by atoms with van der Waals surface area (Å²) in [6.45, 7) is 0.979. The smallest absolute Gasteiger partial charge is 0.267 e. The van der Waals surface area contributed by atoms with E-state index < -0.39 is 0 Å². The number of benzene rings is 4. The Kier molecular flexibility index (Phi) is 8.62. The Morgan fingerprint density at radius 1 is 0.811 bits per heavy atom. The number of ether oxygens (including phenoxy) is 1. The summed E-state index contributed by atoms with van der Waals surface area (Å²) < 4.78 is 8.14. The van der Waals surface area contributed by atoms with Gasteiger partial charge in [0, 0.05) is 0 Å². The molecule has 5 rings (SSSR count). The molecule has 1 fully saturated rings. The van der Waals surface area contributed by atoms with Gasteiger partial charge in [0.15, 0.2) is 5.17 Å². The lowest BCUT2D eigenvalue weighted by atomic mass is 10.2. The normalized spacial score (nSPS) is 15.5. The third-order valence-corrected chi connectivity index (χ3v) is 8.21. The van der Waals surface area contributed by atoms with Crippen molar-refractivity contribution in [3.8, 4) is 5.75 Å². The van der Waals surface area contributed by atoms with Crippen molar-refractivity contribution in [1.29, 1.82) is 0 Å². The number of rotatable bonds is 7. The summed E-state index contributed by atoms with van der Waals surface area (Å²) >= 11 is 6.01. The molecule has 0 unspecified atom stereocenters. The van der Waals surface area contributed by atoms with Crippen LogP contribution in [0.2, 0.25) is 0 Å². The van der Waals surface area contributed by atoms with Gasteiger partial charge in [0.2, 0.25) is 0 Å². The molecule has 0 aliphatic carbocycles. The predicted octanol–water partition coefficient (Wildman–Crippen LogP) is 8.28. The van der Waals surface area contributed by atoms with Gasteiger partial charge in [-0.15, -0.1) is 0 Å². The van der Waals surface area contributed by atoms with E-state index in [2.05, 4.69) is 69.4 Å². The number of carbonyl (C=O) groups excluding carboxylic acids is 1. The molecule has 1 aliphatic heterocycles. The average molecular weight is 728 g/mol. The van der Waals surface area contributed by atoms with Crippen LogP contribution in [-0.2, 0) is 17.9 Å². The van der Waals surface area contributed by atoms with Crippen molar-refractivity contribution in [1.82, 2.24) is 4.90 Å². The third-order valence-electron chi connectivity index (χ3n) is 5.60. The van der Waals surface area contributed by atoms with E-state index in [1.807, 2.05) is 84.9 Å². The second-order valence-electron chi connectivity index (χ2n) is 8.31. The monoisotopic (exact) mass is 728 g/mol. The zero-order valence-corrected chi connectivity index (χ0v) is 24.8. The van der Waals surface area contributed by atoms with E-state index in [1.165, 1.54) is 11.8 Å². The predicted molar refractivity (Wildman–Crippen MR) is 169 cm³/mol. The van der Waals surface area contributed by atoms with Crippen molar-refractivity contribution in [3.05, 3.63) is 132 Å². The highest BCUT2D eigenvalue weighted by atomic mass is 127. The van der Waals surface area contributed by atoms with E-state index in [0.29, 0.717) is 23.2 Å². The zero-order chi connectivity index (χ0) is 25.6. The summed E-state index contributed by atoms with van der Waals surface area (Å²) in [5.41, 5.74) is 3.96. The lowest BCUT2D eigenvalue weighted by molar-refractivity contribution is -0.122. The molecule has 0 atom stereocenters. The molecule has 4 aromatic rings. The fourth-order valence-corrected chi connectivity index (χ4v) is 6.92. The number of amides is 1. The van der Waals surface area contributed by atoms with Crippen LogP contribution in [0.1, 0.15) is 16.7 Å². The molecule has 1 amide bonds. The van der Waals surface area contributed by atoms with Crippen LogP contribution in [0.25, 0.3) is 6.08 Å². The molecule has 7 heteroatoms. The summed E-state index contributed by atoms with van der Waals surface area (Å²) in [5, 5.41) is 0.679. The van der Waals surface area contributed by atoms with Gasteiger partial charge in [0.05, 0.1) is 24.3 Å². The third kappa shape index (κ3) is 6.63. The molecule has 184 valence electrons. The van der Waals surface area contributed by atoms with Gasteiger partial charge in [-0.2, -0.15) is 0 Å². The molecule has 0 radical (unpaired) electrons. The molecule has 37 heavy (non-hydrogen) atoms. The summed E-state index contributed by atoms with van der Waals surface area (Å²) in [6.07, 6.45) is 1.95. The highest BCUT2D eigenvalue weighted by molar-refractivity contribution is 14.1. The summed E-state index contributed by atoms with van der Waals surface area (Å²) in [6, 6.07) is 34.0. The van der Waals surface area contributed by atoms with Crippen LogP contribution < -0.4 is 4.74 Å². The van der Waals surface area contributed by atoms with E-state index in [-0.39, 0.29) is 5.91 Å². The molecule has 0 spiro atoms. The number of amidine groups is 1. The number of halogens is 2. The minimum absolute atomic E-state index is 0.0436. The summed E-state index contributed by atoms with van der Waals surface area (Å²) in [7, 11) is 0. The number of nitrogens with zero attached hydrogens (tertiary/aromatic N) is 2. The fraction of sp³-hybridized carbons (Fsp3) is 0.0667. The Hall–Kier alpha value is -2.63. The minimum Gasteiger partial charge on any atom is -0.487 e. The van der Waals surface area contributed by atoms with Crippen molar-refractivity contribution in [2.45, 2.75) is 13.2 Å². The van der Waals surface area contributed by atoms with E-state index in [4.69, 9.17) is 9.73 Å². The van der Waals surface area contributed by atoms with Gasteiger partial charge in [-0.25, -0.2) is 4.99 Å². The maximum Gasteiger partial charge on any atom is 0.267 e. The SMILES string of the molecule is O=C1/C(=C\c2cc(I)c(OCc3ccccc3)c(I)c2)SC(=Nc2ccccc2)N1Cc1ccccc1. The van der Waals surface area contributed by atoms with Crippen LogP contribution in [0.5, 0.6) is 5.75 Å². The fourth-order valence-electron chi connectivity index (χ4n) is 3.79. The lowest BCUT2D eigenvalue weighted by Gasteiger charge is -2.15. The van der Waals surface area contributed by atoms with Crippen LogP contribution in [0.3, 0.4) is 0 Å². The van der Waals surface area contributed by atoms with Gasteiger partial charge in [-0.1, -0.05) is 78.9 Å². The van der Waals surface area contributed by atoms with E-state index in [1.54, 1.807) is 4.90 Å². The second kappa shape index (κ2) is 12.3. The lowest BCUT2D eigenvalue weighted by Crippen LogP contribution is -2.28. The van der Waals surface area contributed by atoms with Gasteiger partial charge >= 0.3 is 0 Å². The quantitative estimate of drug-likeness (QED) is 0.142. The maximum atomic E-state index is 13.5. The van der Waals surface area contributed by atoms with Gasteiger partial charge in [-0.3, -0.25) is 9.69 Å². The first-order valence-corrected chi connectivity index (χ1v) is 14.6. The van der Waals surface area contributed by atoms with Crippen LogP contribution in [0, 0.1) is 7.14 Å². The highest BCUT2D eigenvalue weighted by Crippen LogP contribution is 2.37. The zero-order valence-electron chi connectivity index (χ0n) is 19.7. The van der Waals surface area contributed by atoms with E-state index >= 15 is 0 Å². The molecular weight excluding hydrogens is 706 g/mol. The number of hydrogen-bond donors (Lipinski definition) is 0. The van der Waals surface area contributed by atoms with Crippen molar-refractivity contribution in [2.24, 2.45) is 4.99 Å². The molecule has 0 aromatic heterocycles. The van der Waals surface area contributed by atoms with Crippen LogP contribution in [0.4, 0.5) is 5.69 Å². The molecule has 4 nitrogen and oxygen atoms in total. The van der Waals surface area contributed by atoms with Crippen molar-refractivity contribution < 1.29 is 9.53 Å². The molecular formula is C30H22I2N2O2S. The Morgan fingerprint density at radius 3 is 2.00 bits per heavy atom. The number of carbonyl (C=O) groups is 1. The average Bonchev–Trinajstić information content (AvgIpc) is 3.18. The van der Waals surface area contributed by atoms with E-state index in [0.717, 1.165) is 35.3 Å². The number of aliphatic imine (C=N–C) groups is 1. The van der Waals surface area contributed by atoms with Crippen LogP contribution >= 0.6 is 56.9 Å². The van der Waals surface area contributed by atoms with Gasteiger partial charge in [-0.05, 0) is 104 Å². The first-order chi connectivity index (χ1) is 18.1. The first kappa shape index (κ1) is 26.0. The molecule has 1 saturated heterocycles. The molecule has 1 heterocycles. The molecule has 0 saturated carbocycles. The standard InChI is InChI=1S/C30H22I2N2O2S/c31-25-16-23(17-26(32)28(25)36-20-22-12-6-2-7-13-22)18-27-29(35)34(19-21-10-4-1-5-11-21)30(37-27)33-24-14-8-3-9-15-24/h1-18H,19-20H2/b27-18+,33-30?. The Bertz CT molecular complexity index is 1440. The largest absolute Gasteiger partial charge is 0.487 e. The molecule has 0 bridgehead atoms. The number of thioether (sulfide) groups is 1. The molecule has 4 aromatic carbocycles. The Labute approximate surface area is 248 Å². The highest BCUT2D eigenvalue weighted by Gasteiger charge is 2.33. The van der Waals surface area contributed by atoms with Gasteiger partial charge < -0.3 is 4.74 Å². The first-order valence-electron chi connectivity index (χ1n) is 11.6. The Morgan fingerprint density at radius 2 is 1.38 bits per heavy atom. The summed E-state index contributed by atoms with van der Waals surface area (Å²) in [4.78, 5) is 20.7. The maximum absolute atomic E-state index is 13.5. The summed E-state index contributed by atoms with van der Waals surface area (Å²) in [5.74, 6) is 0.813. The van der Waals surface area contributed by atoms with Crippen molar-refractivity contribution in [3.63, 3.8) is 0 Å². The minimum atomic E-state index is -0.0436.